The van der Waals surface area contributed by atoms with E-state index in [1.54, 1.807) is 18.2 Å². The molecule has 8 heteroatoms. The third kappa shape index (κ3) is 2.36. The van der Waals surface area contributed by atoms with Crippen molar-refractivity contribution in [2.45, 2.75) is 11.7 Å². The fourth-order valence-corrected chi connectivity index (χ4v) is 2.00. The van der Waals surface area contributed by atoms with Crippen LogP contribution in [0.2, 0.25) is 0 Å². The van der Waals surface area contributed by atoms with E-state index in [2.05, 4.69) is 16.0 Å². The number of hydrogen-bond donors (Lipinski definition) is 2. The van der Waals surface area contributed by atoms with Gasteiger partial charge in [-0.25, -0.2) is 9.97 Å². The molecule has 0 amide bonds. The van der Waals surface area contributed by atoms with Gasteiger partial charge in [-0.15, -0.1) is 0 Å². The van der Waals surface area contributed by atoms with E-state index in [9.17, 15) is 5.26 Å². The molecule has 2 heterocycles. The van der Waals surface area contributed by atoms with Crippen molar-refractivity contribution in [3.63, 3.8) is 0 Å². The Kier molecular flexibility index (Phi) is 3.92. The number of aromatic nitrogens is 2. The maximum atomic E-state index is 9.22. The number of nitrogens with zero attached hydrogens (tertiary/aromatic N) is 4. The summed E-state index contributed by atoms with van der Waals surface area (Å²) in [6, 6.07) is 2.09. The number of ether oxygens (including phenoxy) is 2. The fraction of sp³-hybridized carbons (Fsp3) is 0.545. The summed E-state index contributed by atoms with van der Waals surface area (Å²) in [6.07, 6.45) is 2.94. The second kappa shape index (κ2) is 5.46. The molecule has 1 aliphatic heterocycles. The standard InChI is InChI=1S/C11H16N6O2/c1-18-2-3-19-7-17-10-8(5-15-6-16-10)9(4-12)11(17,13)14/h5-6,9H,2-3,7,13-14H2,1H3. The lowest BCUT2D eigenvalue weighted by Crippen LogP contribution is -2.64. The number of anilines is 1. The van der Waals surface area contributed by atoms with Crippen molar-refractivity contribution in [2.75, 3.05) is 32.0 Å². The molecule has 8 nitrogen and oxygen atoms in total. The van der Waals surface area contributed by atoms with E-state index in [-0.39, 0.29) is 6.73 Å². The molecule has 0 aromatic carbocycles. The van der Waals surface area contributed by atoms with E-state index in [1.165, 1.54) is 6.33 Å². The maximum absolute atomic E-state index is 9.22. The second-order valence-electron chi connectivity index (χ2n) is 4.21. The summed E-state index contributed by atoms with van der Waals surface area (Å²) in [6.45, 7) is 1.01. The molecule has 1 aromatic rings. The van der Waals surface area contributed by atoms with Gasteiger partial charge in [0.25, 0.3) is 0 Å². The van der Waals surface area contributed by atoms with Crippen molar-refractivity contribution in [2.24, 2.45) is 11.5 Å². The average Bonchev–Trinajstić information content (AvgIpc) is 2.61. The number of methoxy groups -OCH3 is 1. The van der Waals surface area contributed by atoms with Gasteiger partial charge in [0.15, 0.2) is 5.79 Å². The van der Waals surface area contributed by atoms with Crippen LogP contribution in [0.3, 0.4) is 0 Å². The van der Waals surface area contributed by atoms with Gasteiger partial charge in [-0.05, 0) is 0 Å². The lowest BCUT2D eigenvalue weighted by molar-refractivity contribution is 0.0631. The summed E-state index contributed by atoms with van der Waals surface area (Å²) in [4.78, 5) is 9.59. The molecular formula is C11H16N6O2. The van der Waals surface area contributed by atoms with E-state index < -0.39 is 11.7 Å². The Labute approximate surface area is 110 Å². The molecule has 0 radical (unpaired) electrons. The van der Waals surface area contributed by atoms with E-state index >= 15 is 0 Å². The van der Waals surface area contributed by atoms with Crippen LogP contribution < -0.4 is 16.4 Å². The van der Waals surface area contributed by atoms with Crippen LogP contribution in [0, 0.1) is 11.3 Å². The zero-order chi connectivity index (χ0) is 13.9. The normalized spacial score (nSPS) is 20.1. The van der Waals surface area contributed by atoms with Crippen molar-refractivity contribution >= 4 is 5.82 Å². The molecule has 19 heavy (non-hydrogen) atoms. The Morgan fingerprint density at radius 3 is 3.00 bits per heavy atom. The summed E-state index contributed by atoms with van der Waals surface area (Å²) in [5, 5.41) is 9.22. The second-order valence-corrected chi connectivity index (χ2v) is 4.21. The molecule has 0 bridgehead atoms. The lowest BCUT2D eigenvalue weighted by Gasteiger charge is -2.33. The molecule has 0 aliphatic carbocycles. The molecule has 1 aromatic heterocycles. The maximum Gasteiger partial charge on any atom is 0.165 e. The summed E-state index contributed by atoms with van der Waals surface area (Å²) in [5.41, 5.74) is 12.7. The third-order valence-electron chi connectivity index (χ3n) is 3.00. The minimum atomic E-state index is -1.36. The van der Waals surface area contributed by atoms with Crippen molar-refractivity contribution < 1.29 is 9.47 Å². The summed E-state index contributed by atoms with van der Waals surface area (Å²) in [5.74, 6) is -1.53. The zero-order valence-corrected chi connectivity index (χ0v) is 10.6. The molecule has 4 N–H and O–H groups in total. The smallest absolute Gasteiger partial charge is 0.165 e. The largest absolute Gasteiger partial charge is 0.382 e. The van der Waals surface area contributed by atoms with Gasteiger partial charge in [-0.2, -0.15) is 5.26 Å². The first-order valence-corrected chi connectivity index (χ1v) is 5.74. The molecule has 102 valence electrons. The van der Waals surface area contributed by atoms with Crippen LogP contribution in [0.5, 0.6) is 0 Å². The molecular weight excluding hydrogens is 248 g/mol. The van der Waals surface area contributed by atoms with Crippen molar-refractivity contribution in [3.8, 4) is 6.07 Å². The van der Waals surface area contributed by atoms with Gasteiger partial charge >= 0.3 is 0 Å². The SMILES string of the molecule is COCCOCN1c2ncncc2C(C#N)C1(N)N. The Morgan fingerprint density at radius 1 is 1.53 bits per heavy atom. The van der Waals surface area contributed by atoms with Gasteiger partial charge in [0.2, 0.25) is 0 Å². The number of rotatable bonds is 5. The van der Waals surface area contributed by atoms with Crippen molar-refractivity contribution in [1.29, 1.82) is 5.26 Å². The van der Waals surface area contributed by atoms with Gasteiger partial charge in [-0.1, -0.05) is 0 Å². The monoisotopic (exact) mass is 264 g/mol. The topological polar surface area (TPSA) is 123 Å². The summed E-state index contributed by atoms with van der Waals surface area (Å²) in [7, 11) is 1.59. The van der Waals surface area contributed by atoms with Gasteiger partial charge in [0, 0.05) is 18.9 Å². The lowest BCUT2D eigenvalue weighted by atomic mass is 10.0. The van der Waals surface area contributed by atoms with Crippen molar-refractivity contribution in [1.82, 2.24) is 9.97 Å². The third-order valence-corrected chi connectivity index (χ3v) is 3.00. The first-order chi connectivity index (χ1) is 9.12. The van der Waals surface area contributed by atoms with Crippen LogP contribution in [0.4, 0.5) is 5.82 Å². The molecule has 1 atom stereocenters. The van der Waals surface area contributed by atoms with Crippen LogP contribution in [-0.4, -0.2) is 42.8 Å². The predicted octanol–water partition coefficient (Wildman–Crippen LogP) is -0.905. The molecule has 0 fully saturated rings. The summed E-state index contributed by atoms with van der Waals surface area (Å²) >= 11 is 0. The van der Waals surface area contributed by atoms with Gasteiger partial charge in [-0.3, -0.25) is 11.5 Å². The highest BCUT2D eigenvalue weighted by Gasteiger charge is 2.48. The van der Waals surface area contributed by atoms with E-state index in [4.69, 9.17) is 20.9 Å². The van der Waals surface area contributed by atoms with E-state index in [0.29, 0.717) is 24.6 Å². The molecule has 1 unspecified atom stereocenters. The highest BCUT2D eigenvalue weighted by atomic mass is 16.5. The number of nitrogens with two attached hydrogens (primary N) is 2. The summed E-state index contributed by atoms with van der Waals surface area (Å²) < 4.78 is 10.3. The van der Waals surface area contributed by atoms with E-state index in [1.807, 2.05) is 0 Å². The van der Waals surface area contributed by atoms with Crippen LogP contribution in [0.15, 0.2) is 12.5 Å². The van der Waals surface area contributed by atoms with Crippen LogP contribution in [0.25, 0.3) is 0 Å². The van der Waals surface area contributed by atoms with Gasteiger partial charge < -0.3 is 14.4 Å². The van der Waals surface area contributed by atoms with Crippen LogP contribution in [-0.2, 0) is 9.47 Å². The highest BCUT2D eigenvalue weighted by Crippen LogP contribution is 2.40. The average molecular weight is 264 g/mol. The van der Waals surface area contributed by atoms with Crippen LogP contribution >= 0.6 is 0 Å². The van der Waals surface area contributed by atoms with Crippen molar-refractivity contribution in [3.05, 3.63) is 18.1 Å². The number of hydrogen-bond acceptors (Lipinski definition) is 8. The van der Waals surface area contributed by atoms with Gasteiger partial charge in [0.1, 0.15) is 24.8 Å². The molecule has 0 saturated carbocycles. The Balaban J connectivity index is 2.20. The molecule has 0 spiro atoms. The Hall–Kier alpha value is -1.79. The molecule has 0 saturated heterocycles. The first-order valence-electron chi connectivity index (χ1n) is 5.74. The number of nitriles is 1. The fourth-order valence-electron chi connectivity index (χ4n) is 2.00. The Bertz CT molecular complexity index is 486. The first kappa shape index (κ1) is 13.6. The minimum absolute atomic E-state index is 0.137. The van der Waals surface area contributed by atoms with Gasteiger partial charge in [0.05, 0.1) is 19.3 Å². The quantitative estimate of drug-likeness (QED) is 0.517. The highest BCUT2D eigenvalue weighted by molar-refractivity contribution is 5.59. The Morgan fingerprint density at radius 2 is 2.32 bits per heavy atom. The van der Waals surface area contributed by atoms with E-state index in [0.717, 1.165) is 0 Å². The number of fused-ring (bicyclic) bond motifs is 1. The zero-order valence-electron chi connectivity index (χ0n) is 10.6. The predicted molar refractivity (Wildman–Crippen MR) is 66.7 cm³/mol. The van der Waals surface area contributed by atoms with Crippen LogP contribution in [0.1, 0.15) is 11.5 Å². The minimum Gasteiger partial charge on any atom is -0.382 e. The molecule has 1 aliphatic rings. The molecule has 2 rings (SSSR count).